The summed E-state index contributed by atoms with van der Waals surface area (Å²) in [7, 11) is 0. The number of aliphatic hydroxyl groups is 1. The molecule has 0 aliphatic heterocycles. The van der Waals surface area contributed by atoms with Crippen molar-refractivity contribution in [1.29, 1.82) is 0 Å². The van der Waals surface area contributed by atoms with Crippen LogP contribution in [0.25, 0.3) is 0 Å². The lowest BCUT2D eigenvalue weighted by Crippen LogP contribution is -2.53. The number of carboxylic acids is 1. The zero-order chi connectivity index (χ0) is 12.4. The lowest BCUT2D eigenvalue weighted by atomic mass is 9.69. The molecule has 1 rings (SSSR count). The fourth-order valence-electron chi connectivity index (χ4n) is 1.95. The van der Waals surface area contributed by atoms with Crippen molar-refractivity contribution in [3.05, 3.63) is 35.9 Å². The number of hydrogen-bond acceptors (Lipinski definition) is 2. The van der Waals surface area contributed by atoms with E-state index in [0.717, 1.165) is 5.56 Å². The molecule has 0 amide bonds. The molecule has 0 heterocycles. The highest BCUT2D eigenvalue weighted by Crippen LogP contribution is 2.37. The smallest absolute Gasteiger partial charge is 0.336 e. The lowest BCUT2D eigenvalue weighted by Gasteiger charge is -2.39. The summed E-state index contributed by atoms with van der Waals surface area (Å²) in [6.45, 7) is 5.18. The van der Waals surface area contributed by atoms with Gasteiger partial charge in [0.05, 0.1) is 0 Å². The summed E-state index contributed by atoms with van der Waals surface area (Å²) in [6.07, 6.45) is 0.171. The molecule has 0 spiro atoms. The Morgan fingerprint density at radius 1 is 1.25 bits per heavy atom. The fraction of sp³-hybridized carbons (Fsp3) is 0.462. The van der Waals surface area contributed by atoms with Gasteiger partial charge in [0, 0.05) is 5.41 Å². The summed E-state index contributed by atoms with van der Waals surface area (Å²) in [5, 5.41) is 19.5. The predicted octanol–water partition coefficient (Wildman–Crippen LogP) is 2.19. The molecule has 0 bridgehead atoms. The van der Waals surface area contributed by atoms with Crippen LogP contribution in [-0.4, -0.2) is 21.8 Å². The van der Waals surface area contributed by atoms with Crippen molar-refractivity contribution in [2.45, 2.75) is 38.2 Å². The minimum Gasteiger partial charge on any atom is -0.479 e. The summed E-state index contributed by atoms with van der Waals surface area (Å²) in [4.78, 5) is 11.2. The van der Waals surface area contributed by atoms with Crippen LogP contribution in [0.2, 0.25) is 0 Å². The first kappa shape index (κ1) is 12.7. The highest BCUT2D eigenvalue weighted by molar-refractivity contribution is 5.79. The topological polar surface area (TPSA) is 57.5 Å². The quantitative estimate of drug-likeness (QED) is 0.821. The Morgan fingerprint density at radius 2 is 1.75 bits per heavy atom. The van der Waals surface area contributed by atoms with Gasteiger partial charge in [-0.1, -0.05) is 51.1 Å². The Balaban J connectivity index is 3.24. The van der Waals surface area contributed by atoms with Crippen LogP contribution in [0.1, 0.15) is 32.8 Å². The van der Waals surface area contributed by atoms with Crippen molar-refractivity contribution in [1.82, 2.24) is 0 Å². The number of carbonyl (C=O) groups is 1. The fourth-order valence-corrected chi connectivity index (χ4v) is 1.95. The molecule has 1 aromatic carbocycles. The highest BCUT2D eigenvalue weighted by Gasteiger charge is 2.49. The third-order valence-electron chi connectivity index (χ3n) is 3.39. The molecule has 2 N–H and O–H groups in total. The summed E-state index contributed by atoms with van der Waals surface area (Å²) in [5.41, 5.74) is -1.75. The van der Waals surface area contributed by atoms with Crippen LogP contribution in [0.3, 0.4) is 0 Å². The summed E-state index contributed by atoms with van der Waals surface area (Å²) in [6, 6.07) is 9.22. The average Bonchev–Trinajstić information content (AvgIpc) is 2.28. The molecule has 88 valence electrons. The molecule has 0 radical (unpaired) electrons. The largest absolute Gasteiger partial charge is 0.479 e. The van der Waals surface area contributed by atoms with Gasteiger partial charge in [0.15, 0.2) is 5.60 Å². The van der Waals surface area contributed by atoms with Crippen molar-refractivity contribution < 1.29 is 15.0 Å². The third kappa shape index (κ3) is 1.83. The Kier molecular flexibility index (Phi) is 3.38. The summed E-state index contributed by atoms with van der Waals surface area (Å²) < 4.78 is 0. The maximum absolute atomic E-state index is 11.2. The molecule has 0 aliphatic carbocycles. The van der Waals surface area contributed by atoms with Gasteiger partial charge in [0.1, 0.15) is 0 Å². The van der Waals surface area contributed by atoms with Crippen molar-refractivity contribution >= 4 is 5.97 Å². The van der Waals surface area contributed by atoms with Crippen LogP contribution >= 0.6 is 0 Å². The van der Waals surface area contributed by atoms with Crippen LogP contribution in [0.15, 0.2) is 30.3 Å². The van der Waals surface area contributed by atoms with E-state index in [1.165, 1.54) is 0 Å². The van der Waals surface area contributed by atoms with Crippen molar-refractivity contribution in [2.75, 3.05) is 0 Å². The first-order valence-electron chi connectivity index (χ1n) is 5.37. The van der Waals surface area contributed by atoms with E-state index in [1.807, 2.05) is 30.3 Å². The third-order valence-corrected chi connectivity index (χ3v) is 3.39. The Bertz CT molecular complexity index is 370. The van der Waals surface area contributed by atoms with Crippen LogP contribution < -0.4 is 0 Å². The van der Waals surface area contributed by atoms with Gasteiger partial charge in [0.2, 0.25) is 0 Å². The number of aliphatic carboxylic acids is 1. The molecule has 0 saturated heterocycles. The van der Waals surface area contributed by atoms with E-state index in [4.69, 9.17) is 0 Å². The zero-order valence-corrected chi connectivity index (χ0v) is 9.90. The zero-order valence-electron chi connectivity index (χ0n) is 9.90. The van der Waals surface area contributed by atoms with E-state index >= 15 is 0 Å². The number of hydrogen-bond donors (Lipinski definition) is 2. The molecule has 16 heavy (non-hydrogen) atoms. The van der Waals surface area contributed by atoms with Gasteiger partial charge < -0.3 is 10.2 Å². The Hall–Kier alpha value is -1.35. The molecular weight excluding hydrogens is 204 g/mol. The molecule has 0 saturated carbocycles. The molecule has 1 atom stereocenters. The first-order valence-corrected chi connectivity index (χ1v) is 5.37. The molecule has 1 aromatic rings. The van der Waals surface area contributed by atoms with Gasteiger partial charge in [-0.3, -0.25) is 0 Å². The van der Waals surface area contributed by atoms with Crippen LogP contribution in [-0.2, 0) is 10.2 Å². The maximum Gasteiger partial charge on any atom is 0.336 e. The van der Waals surface area contributed by atoms with E-state index in [2.05, 4.69) is 0 Å². The molecule has 0 fully saturated rings. The number of benzene rings is 1. The van der Waals surface area contributed by atoms with E-state index in [0.29, 0.717) is 0 Å². The Morgan fingerprint density at radius 3 is 2.12 bits per heavy atom. The van der Waals surface area contributed by atoms with Gasteiger partial charge in [-0.05, 0) is 12.0 Å². The van der Waals surface area contributed by atoms with Crippen LogP contribution in [0.4, 0.5) is 0 Å². The van der Waals surface area contributed by atoms with Gasteiger partial charge in [-0.15, -0.1) is 0 Å². The molecule has 3 nitrogen and oxygen atoms in total. The average molecular weight is 222 g/mol. The van der Waals surface area contributed by atoms with Crippen LogP contribution in [0, 0.1) is 0 Å². The molecule has 3 heteroatoms. The maximum atomic E-state index is 11.2. The molecule has 1 unspecified atom stereocenters. The van der Waals surface area contributed by atoms with Gasteiger partial charge in [-0.25, -0.2) is 4.79 Å². The number of carboxylic acid groups (broad SMARTS) is 1. The van der Waals surface area contributed by atoms with Gasteiger partial charge in [-0.2, -0.15) is 0 Å². The molecule has 0 aromatic heterocycles. The minimum absolute atomic E-state index is 0.171. The SMILES string of the molecule is CCC(O)(C(=O)O)C(C)(C)c1ccccc1. The highest BCUT2D eigenvalue weighted by atomic mass is 16.4. The minimum atomic E-state index is -1.74. The number of rotatable bonds is 4. The first-order chi connectivity index (χ1) is 7.36. The van der Waals surface area contributed by atoms with E-state index < -0.39 is 17.0 Å². The predicted molar refractivity (Wildman–Crippen MR) is 62.3 cm³/mol. The van der Waals surface area contributed by atoms with Gasteiger partial charge in [0.25, 0.3) is 0 Å². The standard InChI is InChI=1S/C13H18O3/c1-4-13(16,11(14)15)12(2,3)10-8-6-5-7-9-10/h5-9,16H,4H2,1-3H3,(H,14,15). The van der Waals surface area contributed by atoms with Crippen molar-refractivity contribution in [2.24, 2.45) is 0 Å². The summed E-state index contributed by atoms with van der Waals surface area (Å²) >= 11 is 0. The molecular formula is C13H18O3. The second-order valence-electron chi connectivity index (χ2n) is 4.51. The van der Waals surface area contributed by atoms with Gasteiger partial charge >= 0.3 is 5.97 Å². The van der Waals surface area contributed by atoms with Crippen molar-refractivity contribution in [3.63, 3.8) is 0 Å². The van der Waals surface area contributed by atoms with Crippen molar-refractivity contribution in [3.8, 4) is 0 Å². The van der Waals surface area contributed by atoms with E-state index in [1.54, 1.807) is 20.8 Å². The second-order valence-corrected chi connectivity index (χ2v) is 4.51. The molecule has 0 aliphatic rings. The monoisotopic (exact) mass is 222 g/mol. The normalized spacial score (nSPS) is 15.5. The van der Waals surface area contributed by atoms with E-state index in [-0.39, 0.29) is 6.42 Å². The van der Waals surface area contributed by atoms with E-state index in [9.17, 15) is 15.0 Å². The Labute approximate surface area is 95.7 Å². The van der Waals surface area contributed by atoms with Crippen LogP contribution in [0.5, 0.6) is 0 Å². The second kappa shape index (κ2) is 4.26. The lowest BCUT2D eigenvalue weighted by molar-refractivity contribution is -0.166. The summed E-state index contributed by atoms with van der Waals surface area (Å²) in [5.74, 6) is -1.18.